The Morgan fingerprint density at radius 1 is 1.42 bits per heavy atom. The molecule has 0 saturated heterocycles. The highest BCUT2D eigenvalue weighted by molar-refractivity contribution is 9.11. The van der Waals surface area contributed by atoms with Crippen molar-refractivity contribution in [3.8, 4) is 0 Å². The van der Waals surface area contributed by atoms with E-state index in [-0.39, 0.29) is 12.4 Å². The summed E-state index contributed by atoms with van der Waals surface area (Å²) in [6.07, 6.45) is 8.31. The van der Waals surface area contributed by atoms with Crippen molar-refractivity contribution in [2.75, 3.05) is 6.61 Å². The third kappa shape index (κ3) is 5.91. The monoisotopic (exact) mass is 331 g/mol. The van der Waals surface area contributed by atoms with E-state index in [9.17, 15) is 4.39 Å². The fraction of sp³-hybridized carbons (Fsp3) is 0.600. The molecule has 4 heteroatoms. The van der Waals surface area contributed by atoms with E-state index in [1.165, 1.54) is 6.08 Å². The Balaban J connectivity index is 2.40. The van der Waals surface area contributed by atoms with Crippen LogP contribution in [0.2, 0.25) is 0 Å². The van der Waals surface area contributed by atoms with Gasteiger partial charge in [0.05, 0.1) is 5.70 Å². The Morgan fingerprint density at radius 3 is 2.58 bits per heavy atom. The maximum Gasteiger partial charge on any atom is 0.146 e. The molecule has 1 aliphatic rings. The zero-order valence-corrected chi connectivity index (χ0v) is 13.0. The average Bonchev–Trinajstić information content (AvgIpc) is 2.41. The molecule has 0 amide bonds. The number of nitrogens with one attached hydrogen (secondary N) is 1. The van der Waals surface area contributed by atoms with Gasteiger partial charge in [-0.1, -0.05) is 28.6 Å². The van der Waals surface area contributed by atoms with Crippen molar-refractivity contribution < 1.29 is 9.50 Å². The van der Waals surface area contributed by atoms with Crippen LogP contribution in [0.25, 0.3) is 0 Å². The molecule has 108 valence electrons. The minimum Gasteiger partial charge on any atom is -0.396 e. The van der Waals surface area contributed by atoms with Crippen LogP contribution in [0.4, 0.5) is 4.39 Å². The summed E-state index contributed by atoms with van der Waals surface area (Å²) in [5.74, 6) is 0.288. The first kappa shape index (κ1) is 16.4. The molecule has 0 unspecified atom stereocenters. The number of aliphatic hydroxyl groups is 1. The topological polar surface area (TPSA) is 32.3 Å². The number of hydrogen-bond acceptors (Lipinski definition) is 2. The second-order valence-electron chi connectivity index (χ2n) is 5.02. The summed E-state index contributed by atoms with van der Waals surface area (Å²) in [7, 11) is 0. The number of allylic oxidation sites excluding steroid dienone is 4. The van der Waals surface area contributed by atoms with Crippen LogP contribution in [-0.2, 0) is 0 Å². The van der Waals surface area contributed by atoms with E-state index in [1.54, 1.807) is 6.08 Å². The Bertz CT molecular complexity index is 357. The van der Waals surface area contributed by atoms with Crippen LogP contribution in [0.1, 0.15) is 39.0 Å². The summed E-state index contributed by atoms with van der Waals surface area (Å²) in [4.78, 5) is 0. The van der Waals surface area contributed by atoms with Crippen LogP contribution in [0.5, 0.6) is 0 Å². The fourth-order valence-corrected chi connectivity index (χ4v) is 2.59. The van der Waals surface area contributed by atoms with Crippen LogP contribution in [0.3, 0.4) is 0 Å². The largest absolute Gasteiger partial charge is 0.396 e. The molecule has 1 aliphatic carbocycles. The van der Waals surface area contributed by atoms with Crippen LogP contribution >= 0.6 is 15.9 Å². The summed E-state index contributed by atoms with van der Waals surface area (Å²) in [5.41, 5.74) is 0.351. The van der Waals surface area contributed by atoms with Crippen molar-refractivity contribution in [3.63, 3.8) is 0 Å². The summed E-state index contributed by atoms with van der Waals surface area (Å²) in [6.45, 7) is 5.86. The number of rotatable bonds is 6. The first-order valence-electron chi connectivity index (χ1n) is 6.82. The van der Waals surface area contributed by atoms with Gasteiger partial charge in [-0.25, -0.2) is 4.39 Å². The standard InChI is InChI=1S/C15H23BrFNO/c1-3-13(16)10-15(17)11(2)18-14-6-4-12(5-7-14)8-9-19/h3,10,12,14,18-19H,2,4-9H2,1H3/b13-3+,15-10+. The zero-order valence-electron chi connectivity index (χ0n) is 11.5. The molecule has 0 aromatic carbocycles. The zero-order chi connectivity index (χ0) is 14.3. The number of hydrogen-bond donors (Lipinski definition) is 2. The van der Waals surface area contributed by atoms with Gasteiger partial charge >= 0.3 is 0 Å². The smallest absolute Gasteiger partial charge is 0.146 e. The van der Waals surface area contributed by atoms with Gasteiger partial charge in [-0.05, 0) is 51.0 Å². The van der Waals surface area contributed by atoms with E-state index < -0.39 is 0 Å². The van der Waals surface area contributed by atoms with Crippen molar-refractivity contribution in [1.29, 1.82) is 0 Å². The second-order valence-corrected chi connectivity index (χ2v) is 5.93. The summed E-state index contributed by atoms with van der Waals surface area (Å²) in [6, 6.07) is 0.297. The van der Waals surface area contributed by atoms with Gasteiger partial charge in [0, 0.05) is 17.1 Å². The predicted molar refractivity (Wildman–Crippen MR) is 81.6 cm³/mol. The Morgan fingerprint density at radius 2 is 2.05 bits per heavy atom. The van der Waals surface area contributed by atoms with E-state index in [1.807, 2.05) is 6.92 Å². The van der Waals surface area contributed by atoms with Crippen molar-refractivity contribution in [3.05, 3.63) is 34.7 Å². The minimum absolute atomic E-state index is 0.268. The van der Waals surface area contributed by atoms with Crippen molar-refractivity contribution in [2.24, 2.45) is 5.92 Å². The SMILES string of the molecule is C=C(NC1CCC(CCO)CC1)/C(F)=C\C(Br)=C/C. The van der Waals surface area contributed by atoms with E-state index in [2.05, 4.69) is 27.8 Å². The van der Waals surface area contributed by atoms with Gasteiger partial charge in [-0.15, -0.1) is 0 Å². The highest BCUT2D eigenvalue weighted by Gasteiger charge is 2.21. The quantitative estimate of drug-likeness (QED) is 0.715. The highest BCUT2D eigenvalue weighted by atomic mass is 79.9. The fourth-order valence-electron chi connectivity index (χ4n) is 2.38. The number of aliphatic hydroxyl groups excluding tert-OH is 1. The third-order valence-electron chi connectivity index (χ3n) is 3.59. The van der Waals surface area contributed by atoms with Crippen LogP contribution in [0, 0.1) is 5.92 Å². The lowest BCUT2D eigenvalue weighted by Crippen LogP contribution is -2.32. The molecule has 1 saturated carbocycles. The van der Waals surface area contributed by atoms with Gasteiger partial charge in [-0.2, -0.15) is 0 Å². The lowest BCUT2D eigenvalue weighted by molar-refractivity contribution is 0.217. The van der Waals surface area contributed by atoms with E-state index in [0.717, 1.165) is 32.1 Å². The minimum atomic E-state index is -0.331. The summed E-state index contributed by atoms with van der Waals surface area (Å²) in [5, 5.41) is 12.1. The van der Waals surface area contributed by atoms with Crippen molar-refractivity contribution in [1.82, 2.24) is 5.32 Å². The second kappa shape index (κ2) is 8.54. The molecule has 0 aromatic heterocycles. The van der Waals surface area contributed by atoms with Crippen LogP contribution < -0.4 is 5.32 Å². The highest BCUT2D eigenvalue weighted by Crippen LogP contribution is 2.27. The van der Waals surface area contributed by atoms with E-state index in [0.29, 0.717) is 22.1 Å². The van der Waals surface area contributed by atoms with Crippen molar-refractivity contribution >= 4 is 15.9 Å². The average molecular weight is 332 g/mol. The predicted octanol–water partition coefficient (Wildman–Crippen LogP) is 4.18. The molecule has 2 nitrogen and oxygen atoms in total. The first-order chi connectivity index (χ1) is 9.06. The lowest BCUT2D eigenvalue weighted by atomic mass is 9.84. The van der Waals surface area contributed by atoms with E-state index >= 15 is 0 Å². The molecule has 0 bridgehead atoms. The van der Waals surface area contributed by atoms with Gasteiger partial charge in [0.25, 0.3) is 0 Å². The normalized spacial score (nSPS) is 25.3. The molecule has 0 aliphatic heterocycles. The van der Waals surface area contributed by atoms with Gasteiger partial charge in [0.2, 0.25) is 0 Å². The Hall–Kier alpha value is -0.610. The molecule has 0 atom stereocenters. The van der Waals surface area contributed by atoms with E-state index in [4.69, 9.17) is 5.11 Å². The third-order valence-corrected chi connectivity index (χ3v) is 4.28. The molecule has 0 aromatic rings. The maximum absolute atomic E-state index is 13.8. The lowest BCUT2D eigenvalue weighted by Gasteiger charge is -2.29. The molecular formula is C15H23BrFNO. The Labute approximate surface area is 123 Å². The maximum atomic E-state index is 13.8. The molecular weight excluding hydrogens is 309 g/mol. The summed E-state index contributed by atoms with van der Waals surface area (Å²) < 4.78 is 14.5. The van der Waals surface area contributed by atoms with Crippen LogP contribution in [0.15, 0.2) is 34.7 Å². The van der Waals surface area contributed by atoms with Gasteiger partial charge in [-0.3, -0.25) is 0 Å². The summed E-state index contributed by atoms with van der Waals surface area (Å²) >= 11 is 3.25. The molecule has 1 fully saturated rings. The van der Waals surface area contributed by atoms with Gasteiger partial charge < -0.3 is 10.4 Å². The molecule has 0 heterocycles. The molecule has 19 heavy (non-hydrogen) atoms. The van der Waals surface area contributed by atoms with Gasteiger partial charge in [0.15, 0.2) is 0 Å². The molecule has 1 rings (SSSR count). The van der Waals surface area contributed by atoms with Crippen molar-refractivity contribution in [2.45, 2.75) is 45.1 Å². The molecule has 2 N–H and O–H groups in total. The Kier molecular flexibility index (Phi) is 7.39. The molecule has 0 spiro atoms. The number of halogens is 2. The van der Waals surface area contributed by atoms with Crippen LogP contribution in [-0.4, -0.2) is 17.8 Å². The first-order valence-corrected chi connectivity index (χ1v) is 7.61. The van der Waals surface area contributed by atoms with Gasteiger partial charge in [0.1, 0.15) is 5.83 Å². The molecule has 0 radical (unpaired) electrons.